The van der Waals surface area contributed by atoms with E-state index in [1.807, 2.05) is 41.2 Å². The lowest BCUT2D eigenvalue weighted by molar-refractivity contribution is 0.112. The minimum Gasteiger partial charge on any atom is -0.327 e. The van der Waals surface area contributed by atoms with Gasteiger partial charge in [0.05, 0.1) is 6.54 Å². The van der Waals surface area contributed by atoms with E-state index >= 15 is 0 Å². The molecule has 0 amide bonds. The van der Waals surface area contributed by atoms with Crippen LogP contribution in [0.15, 0.2) is 49.1 Å². The van der Waals surface area contributed by atoms with E-state index in [1.54, 1.807) is 12.4 Å². The molecular weight excluding hydrogens is 226 g/mol. The zero-order valence-corrected chi connectivity index (χ0v) is 9.65. The Hall–Kier alpha value is -2.49. The quantitative estimate of drug-likeness (QED) is 0.657. The Balaban J connectivity index is 2.10. The number of hydrogen-bond donors (Lipinski definition) is 0. The van der Waals surface area contributed by atoms with Gasteiger partial charge < -0.3 is 4.57 Å². The van der Waals surface area contributed by atoms with Crippen molar-refractivity contribution >= 4 is 17.3 Å². The Kier molecular flexibility index (Phi) is 2.61. The molecular formula is C14H11N3O. The van der Waals surface area contributed by atoms with Crippen LogP contribution in [0.5, 0.6) is 0 Å². The van der Waals surface area contributed by atoms with E-state index in [9.17, 15) is 4.79 Å². The minimum absolute atomic E-state index is 0.662. The molecule has 0 unspecified atom stereocenters. The van der Waals surface area contributed by atoms with Gasteiger partial charge in [-0.25, -0.2) is 4.98 Å². The third-order valence-corrected chi connectivity index (χ3v) is 2.87. The third-order valence-electron chi connectivity index (χ3n) is 2.87. The van der Waals surface area contributed by atoms with Crippen LogP contribution in [0, 0.1) is 0 Å². The number of hydrogen-bond acceptors (Lipinski definition) is 3. The van der Waals surface area contributed by atoms with E-state index in [0.29, 0.717) is 12.1 Å². The SMILES string of the molecule is O=Cc1cn(Cc2cccnc2)c2ncccc12. The molecule has 0 aliphatic carbocycles. The molecule has 88 valence electrons. The Bertz CT molecular complexity index is 689. The van der Waals surface area contributed by atoms with E-state index in [-0.39, 0.29) is 0 Å². The summed E-state index contributed by atoms with van der Waals surface area (Å²) in [5.41, 5.74) is 2.57. The summed E-state index contributed by atoms with van der Waals surface area (Å²) in [6.45, 7) is 0.662. The second kappa shape index (κ2) is 4.41. The fourth-order valence-corrected chi connectivity index (χ4v) is 2.05. The van der Waals surface area contributed by atoms with Crippen LogP contribution in [0.2, 0.25) is 0 Å². The fraction of sp³-hybridized carbons (Fsp3) is 0.0714. The predicted molar refractivity (Wildman–Crippen MR) is 68.5 cm³/mol. The average Bonchev–Trinajstić information content (AvgIpc) is 2.78. The first-order valence-electron chi connectivity index (χ1n) is 5.66. The first-order chi connectivity index (χ1) is 8.88. The highest BCUT2D eigenvalue weighted by molar-refractivity contribution is 5.95. The Morgan fingerprint density at radius 2 is 2.11 bits per heavy atom. The molecule has 3 aromatic heterocycles. The summed E-state index contributed by atoms with van der Waals surface area (Å²) >= 11 is 0. The lowest BCUT2D eigenvalue weighted by atomic mass is 10.2. The van der Waals surface area contributed by atoms with Crippen LogP contribution >= 0.6 is 0 Å². The van der Waals surface area contributed by atoms with E-state index < -0.39 is 0 Å². The van der Waals surface area contributed by atoms with Crippen LogP contribution in [0.3, 0.4) is 0 Å². The van der Waals surface area contributed by atoms with Crippen LogP contribution < -0.4 is 0 Å². The van der Waals surface area contributed by atoms with Gasteiger partial charge in [-0.1, -0.05) is 6.07 Å². The van der Waals surface area contributed by atoms with Gasteiger partial charge >= 0.3 is 0 Å². The van der Waals surface area contributed by atoms with Gasteiger partial charge in [-0.2, -0.15) is 0 Å². The zero-order valence-electron chi connectivity index (χ0n) is 9.65. The molecule has 18 heavy (non-hydrogen) atoms. The summed E-state index contributed by atoms with van der Waals surface area (Å²) < 4.78 is 1.97. The highest BCUT2D eigenvalue weighted by Crippen LogP contribution is 2.18. The van der Waals surface area contributed by atoms with Crippen LogP contribution in [-0.2, 0) is 6.54 Å². The summed E-state index contributed by atoms with van der Waals surface area (Å²) in [6.07, 6.45) is 7.99. The fourth-order valence-electron chi connectivity index (χ4n) is 2.05. The van der Waals surface area contributed by atoms with Gasteiger partial charge in [0.1, 0.15) is 5.65 Å². The van der Waals surface area contributed by atoms with Gasteiger partial charge in [-0.15, -0.1) is 0 Å². The number of nitrogens with zero attached hydrogens (tertiary/aromatic N) is 3. The standard InChI is InChI=1S/C14H11N3O/c18-10-12-9-17(8-11-3-1-5-15-7-11)14-13(12)4-2-6-16-14/h1-7,9-10H,8H2. The number of fused-ring (bicyclic) bond motifs is 1. The molecule has 3 aromatic rings. The molecule has 0 aromatic carbocycles. The largest absolute Gasteiger partial charge is 0.327 e. The van der Waals surface area contributed by atoms with Crippen molar-refractivity contribution in [1.82, 2.24) is 14.5 Å². The van der Waals surface area contributed by atoms with E-state index in [0.717, 1.165) is 22.9 Å². The second-order valence-electron chi connectivity index (χ2n) is 4.07. The molecule has 4 heteroatoms. The average molecular weight is 237 g/mol. The van der Waals surface area contributed by atoms with Gasteiger partial charge in [-0.05, 0) is 23.8 Å². The highest BCUT2D eigenvalue weighted by atomic mass is 16.1. The molecule has 3 heterocycles. The molecule has 0 saturated heterocycles. The van der Waals surface area contributed by atoms with Crippen molar-refractivity contribution in [3.05, 3.63) is 60.2 Å². The molecule has 4 nitrogen and oxygen atoms in total. The van der Waals surface area contributed by atoms with Crippen LogP contribution in [-0.4, -0.2) is 20.8 Å². The maximum absolute atomic E-state index is 11.0. The van der Waals surface area contributed by atoms with Crippen LogP contribution in [0.1, 0.15) is 15.9 Å². The van der Waals surface area contributed by atoms with Crippen molar-refractivity contribution in [2.24, 2.45) is 0 Å². The number of aldehydes is 1. The molecule has 0 aliphatic rings. The first kappa shape index (κ1) is 10.7. The van der Waals surface area contributed by atoms with Crippen molar-refractivity contribution in [1.29, 1.82) is 0 Å². The van der Waals surface area contributed by atoms with Gasteiger partial charge in [0.2, 0.25) is 0 Å². The van der Waals surface area contributed by atoms with Crippen LogP contribution in [0.4, 0.5) is 0 Å². The lowest BCUT2D eigenvalue weighted by Crippen LogP contribution is -1.99. The summed E-state index contributed by atoms with van der Waals surface area (Å²) in [7, 11) is 0. The molecule has 0 N–H and O–H groups in total. The van der Waals surface area contributed by atoms with Crippen molar-refractivity contribution in [2.45, 2.75) is 6.54 Å². The maximum Gasteiger partial charge on any atom is 0.152 e. The van der Waals surface area contributed by atoms with E-state index in [4.69, 9.17) is 0 Å². The van der Waals surface area contributed by atoms with Crippen molar-refractivity contribution < 1.29 is 4.79 Å². The lowest BCUT2D eigenvalue weighted by Gasteiger charge is -2.03. The summed E-state index contributed by atoms with van der Waals surface area (Å²) in [4.78, 5) is 19.4. The highest BCUT2D eigenvalue weighted by Gasteiger charge is 2.08. The van der Waals surface area contributed by atoms with Crippen LogP contribution in [0.25, 0.3) is 11.0 Å². The summed E-state index contributed by atoms with van der Waals surface area (Å²) in [6, 6.07) is 7.65. The maximum atomic E-state index is 11.0. The molecule has 0 saturated carbocycles. The third kappa shape index (κ3) is 1.78. The van der Waals surface area contributed by atoms with Crippen molar-refractivity contribution in [2.75, 3.05) is 0 Å². The number of carbonyl (C=O) groups excluding carboxylic acids is 1. The zero-order chi connectivity index (χ0) is 12.4. The van der Waals surface area contributed by atoms with Gasteiger partial charge in [0.25, 0.3) is 0 Å². The summed E-state index contributed by atoms with van der Waals surface area (Å²) in [5.74, 6) is 0. The first-order valence-corrected chi connectivity index (χ1v) is 5.66. The Morgan fingerprint density at radius 3 is 2.89 bits per heavy atom. The number of rotatable bonds is 3. The number of pyridine rings is 2. The molecule has 0 atom stereocenters. The Labute approximate surface area is 104 Å². The normalized spacial score (nSPS) is 10.7. The Morgan fingerprint density at radius 1 is 1.22 bits per heavy atom. The van der Waals surface area contributed by atoms with E-state index in [1.165, 1.54) is 0 Å². The van der Waals surface area contributed by atoms with Crippen molar-refractivity contribution in [3.8, 4) is 0 Å². The second-order valence-corrected chi connectivity index (χ2v) is 4.07. The molecule has 0 fully saturated rings. The van der Waals surface area contributed by atoms with Gasteiger partial charge in [-0.3, -0.25) is 9.78 Å². The minimum atomic E-state index is 0.662. The monoisotopic (exact) mass is 237 g/mol. The molecule has 0 radical (unpaired) electrons. The predicted octanol–water partition coefficient (Wildman–Crippen LogP) is 2.29. The number of carbonyl (C=O) groups is 1. The topological polar surface area (TPSA) is 47.8 Å². The summed E-state index contributed by atoms with van der Waals surface area (Å²) in [5, 5.41) is 0.886. The molecule has 3 rings (SSSR count). The molecule has 0 aliphatic heterocycles. The molecule has 0 bridgehead atoms. The molecule has 0 spiro atoms. The van der Waals surface area contributed by atoms with Gasteiger partial charge in [0, 0.05) is 35.7 Å². The van der Waals surface area contributed by atoms with Gasteiger partial charge in [0.15, 0.2) is 6.29 Å². The van der Waals surface area contributed by atoms with E-state index in [2.05, 4.69) is 9.97 Å². The van der Waals surface area contributed by atoms with Crippen molar-refractivity contribution in [3.63, 3.8) is 0 Å². The number of aromatic nitrogens is 3. The smallest absolute Gasteiger partial charge is 0.152 e.